The van der Waals surface area contributed by atoms with Gasteiger partial charge < -0.3 is 14.4 Å². The molecule has 0 spiro atoms. The fourth-order valence-corrected chi connectivity index (χ4v) is 4.41. The van der Waals surface area contributed by atoms with E-state index in [1.807, 2.05) is 61.0 Å². The van der Waals surface area contributed by atoms with E-state index in [1.54, 1.807) is 12.0 Å². The van der Waals surface area contributed by atoms with Gasteiger partial charge >= 0.3 is 0 Å². The first-order valence-electron chi connectivity index (χ1n) is 12.8. The van der Waals surface area contributed by atoms with E-state index in [4.69, 9.17) is 14.5 Å². The largest absolute Gasteiger partial charge is 0.497 e. The summed E-state index contributed by atoms with van der Waals surface area (Å²) in [5.74, 6) is 0.569. The summed E-state index contributed by atoms with van der Waals surface area (Å²) in [6.07, 6.45) is 3.74. The van der Waals surface area contributed by atoms with E-state index < -0.39 is 0 Å². The van der Waals surface area contributed by atoms with Crippen LogP contribution < -0.4 is 10.1 Å². The maximum Gasteiger partial charge on any atom is 0.246 e. The van der Waals surface area contributed by atoms with Gasteiger partial charge in [-0.3, -0.25) is 19.5 Å². The van der Waals surface area contributed by atoms with Crippen LogP contribution in [0.3, 0.4) is 0 Å². The van der Waals surface area contributed by atoms with Crippen LogP contribution in [0.2, 0.25) is 0 Å². The van der Waals surface area contributed by atoms with Gasteiger partial charge in [0.15, 0.2) is 0 Å². The number of benzene rings is 2. The predicted molar refractivity (Wildman–Crippen MR) is 144 cm³/mol. The summed E-state index contributed by atoms with van der Waals surface area (Å²) in [4.78, 5) is 32.5. The number of carbonyl (C=O) groups excluding carboxylic acids is 2. The van der Waals surface area contributed by atoms with Gasteiger partial charge in [-0.2, -0.15) is 0 Å². The molecule has 8 heteroatoms. The molecule has 1 aliphatic heterocycles. The van der Waals surface area contributed by atoms with E-state index in [-0.39, 0.29) is 30.4 Å². The highest BCUT2D eigenvalue weighted by Gasteiger charge is 2.26. The maximum atomic E-state index is 13.2. The Bertz CT molecular complexity index is 1240. The normalized spacial score (nSPS) is 15.1. The molecule has 1 fully saturated rings. The zero-order valence-electron chi connectivity index (χ0n) is 22.3. The minimum Gasteiger partial charge on any atom is -0.497 e. The molecule has 2 aromatic carbocycles. The van der Waals surface area contributed by atoms with Gasteiger partial charge in [-0.25, -0.2) is 4.98 Å². The third kappa shape index (κ3) is 6.38. The number of hydrogen-bond donors (Lipinski definition) is 1. The first kappa shape index (κ1) is 26.4. The number of ether oxygens (including phenoxy) is 2. The van der Waals surface area contributed by atoms with Crippen molar-refractivity contribution in [2.75, 3.05) is 32.1 Å². The first-order valence-corrected chi connectivity index (χ1v) is 12.8. The lowest BCUT2D eigenvalue weighted by Gasteiger charge is -2.26. The number of carbonyl (C=O) groups is 2. The summed E-state index contributed by atoms with van der Waals surface area (Å²) in [7, 11) is 1.63. The number of aromatic nitrogens is 2. The summed E-state index contributed by atoms with van der Waals surface area (Å²) in [6.45, 7) is 8.85. The third-order valence-electron chi connectivity index (χ3n) is 6.70. The second kappa shape index (κ2) is 11.6. The zero-order valence-corrected chi connectivity index (χ0v) is 22.3. The molecule has 1 saturated heterocycles. The lowest BCUT2D eigenvalue weighted by Crippen LogP contribution is -2.44. The van der Waals surface area contributed by atoms with E-state index in [9.17, 15) is 9.59 Å². The average Bonchev–Trinajstić information content (AvgIpc) is 3.55. The van der Waals surface area contributed by atoms with Crippen LogP contribution in [-0.4, -0.2) is 59.2 Å². The molecule has 4 rings (SSSR count). The number of imidazole rings is 1. The number of nitrogens with zero attached hydrogens (tertiary/aromatic N) is 3. The topological polar surface area (TPSA) is 85.7 Å². The van der Waals surface area contributed by atoms with Gasteiger partial charge in [0.05, 0.1) is 18.9 Å². The lowest BCUT2D eigenvalue weighted by molar-refractivity contribution is -0.139. The Morgan fingerprint density at radius 3 is 2.54 bits per heavy atom. The third-order valence-corrected chi connectivity index (χ3v) is 6.70. The van der Waals surface area contributed by atoms with Crippen LogP contribution in [0.25, 0.3) is 16.9 Å². The van der Waals surface area contributed by atoms with Crippen LogP contribution in [0.1, 0.15) is 37.8 Å². The molecular formula is C29H36N4O4. The molecule has 0 saturated carbocycles. The van der Waals surface area contributed by atoms with Gasteiger partial charge in [-0.05, 0) is 74.2 Å². The summed E-state index contributed by atoms with van der Waals surface area (Å²) in [5, 5.41) is 2.96. The highest BCUT2D eigenvalue weighted by molar-refractivity contribution is 5.94. The van der Waals surface area contributed by atoms with Crippen LogP contribution in [0.4, 0.5) is 5.95 Å². The molecule has 37 heavy (non-hydrogen) atoms. The van der Waals surface area contributed by atoms with E-state index in [1.165, 1.54) is 5.56 Å². The Morgan fingerprint density at radius 2 is 1.92 bits per heavy atom. The molecule has 0 aliphatic carbocycles. The predicted octanol–water partition coefficient (Wildman–Crippen LogP) is 4.77. The molecule has 8 nitrogen and oxygen atoms in total. The lowest BCUT2D eigenvalue weighted by atomic mass is 10.1. The number of amides is 2. The fourth-order valence-electron chi connectivity index (χ4n) is 4.41. The summed E-state index contributed by atoms with van der Waals surface area (Å²) in [5.41, 5.74) is 4.82. The van der Waals surface area contributed by atoms with E-state index in [0.29, 0.717) is 24.8 Å². The molecule has 1 N–H and O–H groups in total. The number of rotatable bonds is 9. The Hall–Kier alpha value is -3.65. The molecule has 1 aromatic heterocycles. The van der Waals surface area contributed by atoms with Crippen LogP contribution in [0.5, 0.6) is 5.75 Å². The SMILES string of the molecule is COc1ccc(-c2cn(-c3ccc(C)c(C)c3)c(NC(=O)CN(CC3CCCO3)C(=O)C(C)C)n2)cc1. The van der Waals surface area contributed by atoms with Crippen molar-refractivity contribution in [1.82, 2.24) is 14.5 Å². The summed E-state index contributed by atoms with van der Waals surface area (Å²) < 4.78 is 12.9. The highest BCUT2D eigenvalue weighted by atomic mass is 16.5. The quantitative estimate of drug-likeness (QED) is 0.454. The number of methoxy groups -OCH3 is 1. The minimum absolute atomic E-state index is 0.0327. The molecular weight excluding hydrogens is 468 g/mol. The van der Waals surface area contributed by atoms with E-state index >= 15 is 0 Å². The molecule has 0 radical (unpaired) electrons. The standard InChI is InChI=1S/C29H36N4O4/c1-19(2)28(35)32(16-25-7-6-14-37-25)18-27(34)31-29-30-26(22-9-12-24(36-5)13-10-22)17-33(29)23-11-8-20(3)21(4)15-23/h8-13,15,17,19,25H,6-7,14,16,18H2,1-5H3,(H,30,31,34). The molecule has 3 aromatic rings. The van der Waals surface area contributed by atoms with Crippen molar-refractivity contribution in [3.05, 3.63) is 59.8 Å². The minimum atomic E-state index is -0.302. The van der Waals surface area contributed by atoms with Gasteiger partial charge in [0.1, 0.15) is 12.3 Å². The zero-order chi connectivity index (χ0) is 26.5. The second-order valence-electron chi connectivity index (χ2n) is 9.87. The van der Waals surface area contributed by atoms with Crippen molar-refractivity contribution in [3.63, 3.8) is 0 Å². The number of aryl methyl sites for hydroxylation is 2. The van der Waals surface area contributed by atoms with Gasteiger partial charge in [0.2, 0.25) is 17.8 Å². The van der Waals surface area contributed by atoms with Crippen LogP contribution in [0, 0.1) is 19.8 Å². The maximum absolute atomic E-state index is 13.2. The van der Waals surface area contributed by atoms with Crippen LogP contribution in [-0.2, 0) is 14.3 Å². The molecule has 2 amide bonds. The van der Waals surface area contributed by atoms with Crippen molar-refractivity contribution < 1.29 is 19.1 Å². The Balaban J connectivity index is 1.62. The van der Waals surface area contributed by atoms with Crippen molar-refractivity contribution in [2.24, 2.45) is 5.92 Å². The van der Waals surface area contributed by atoms with Crippen LogP contribution in [0.15, 0.2) is 48.7 Å². The van der Waals surface area contributed by atoms with Crippen molar-refractivity contribution in [3.8, 4) is 22.7 Å². The van der Waals surface area contributed by atoms with Gasteiger partial charge in [-0.1, -0.05) is 19.9 Å². The van der Waals surface area contributed by atoms with E-state index in [2.05, 4.69) is 25.2 Å². The summed E-state index contributed by atoms with van der Waals surface area (Å²) >= 11 is 0. The van der Waals surface area contributed by atoms with Crippen molar-refractivity contribution in [1.29, 1.82) is 0 Å². The highest BCUT2D eigenvalue weighted by Crippen LogP contribution is 2.27. The van der Waals surface area contributed by atoms with E-state index in [0.717, 1.165) is 35.4 Å². The first-order chi connectivity index (χ1) is 17.7. The molecule has 0 bridgehead atoms. The second-order valence-corrected chi connectivity index (χ2v) is 9.87. The molecule has 1 aliphatic rings. The van der Waals surface area contributed by atoms with Crippen molar-refractivity contribution in [2.45, 2.75) is 46.6 Å². The van der Waals surface area contributed by atoms with Crippen LogP contribution >= 0.6 is 0 Å². The number of hydrogen-bond acceptors (Lipinski definition) is 5. The molecule has 196 valence electrons. The molecule has 1 unspecified atom stereocenters. The molecule has 2 heterocycles. The average molecular weight is 505 g/mol. The monoisotopic (exact) mass is 504 g/mol. The van der Waals surface area contributed by atoms with Crippen molar-refractivity contribution >= 4 is 17.8 Å². The van der Waals surface area contributed by atoms with Gasteiger partial charge in [0, 0.05) is 36.5 Å². The Kier molecular flexibility index (Phi) is 8.28. The number of anilines is 1. The Morgan fingerprint density at radius 1 is 1.16 bits per heavy atom. The number of nitrogens with one attached hydrogen (secondary N) is 1. The van der Waals surface area contributed by atoms with Gasteiger partial charge in [0.25, 0.3) is 0 Å². The summed E-state index contributed by atoms with van der Waals surface area (Å²) in [6, 6.07) is 13.7. The van der Waals surface area contributed by atoms with Gasteiger partial charge in [-0.15, -0.1) is 0 Å². The molecule has 1 atom stereocenters. The Labute approximate surface area is 218 Å². The fraction of sp³-hybridized carbons (Fsp3) is 0.414. The smallest absolute Gasteiger partial charge is 0.246 e.